The molecule has 0 unspecified atom stereocenters. The SMILES string of the molecule is CCOC(=O)c1c(NC(=O)NC2CCS(=O)(=O)CC2)sc(-c2ccc([N+](=O)[O-])cc2)c1C. The normalized spacial score (nSPS) is 15.7. The number of nitrogens with one attached hydrogen (secondary N) is 2. The summed E-state index contributed by atoms with van der Waals surface area (Å²) in [7, 11) is -3.05. The molecule has 0 spiro atoms. The monoisotopic (exact) mass is 481 g/mol. The van der Waals surface area contributed by atoms with E-state index in [1.165, 1.54) is 12.1 Å². The number of sulfone groups is 1. The molecule has 1 aliphatic rings. The van der Waals surface area contributed by atoms with E-state index in [1.54, 1.807) is 26.0 Å². The summed E-state index contributed by atoms with van der Waals surface area (Å²) in [4.78, 5) is 36.2. The van der Waals surface area contributed by atoms with Crippen molar-refractivity contribution in [1.29, 1.82) is 0 Å². The molecule has 32 heavy (non-hydrogen) atoms. The quantitative estimate of drug-likeness (QED) is 0.365. The molecule has 0 aliphatic carbocycles. The lowest BCUT2D eigenvalue weighted by Gasteiger charge is -2.23. The number of esters is 1. The third-order valence-electron chi connectivity index (χ3n) is 5.08. The van der Waals surface area contributed by atoms with Crippen molar-refractivity contribution in [3.8, 4) is 10.4 Å². The number of urea groups is 1. The summed E-state index contributed by atoms with van der Waals surface area (Å²) in [5.74, 6) is -0.545. The van der Waals surface area contributed by atoms with Crippen LogP contribution in [-0.4, -0.2) is 49.5 Å². The highest BCUT2D eigenvalue weighted by Gasteiger charge is 2.27. The minimum Gasteiger partial charge on any atom is -0.462 e. The third kappa shape index (κ3) is 5.43. The Labute approximate surface area is 189 Å². The van der Waals surface area contributed by atoms with E-state index < -0.39 is 26.8 Å². The van der Waals surface area contributed by atoms with Crippen molar-refractivity contribution in [3.05, 3.63) is 45.5 Å². The van der Waals surface area contributed by atoms with Crippen LogP contribution in [0.25, 0.3) is 10.4 Å². The summed E-state index contributed by atoms with van der Waals surface area (Å²) in [6.45, 7) is 3.55. The van der Waals surface area contributed by atoms with Crippen LogP contribution in [0, 0.1) is 17.0 Å². The summed E-state index contributed by atoms with van der Waals surface area (Å²) in [6.07, 6.45) is 0.663. The number of rotatable bonds is 6. The zero-order valence-corrected chi connectivity index (χ0v) is 19.2. The van der Waals surface area contributed by atoms with Gasteiger partial charge in [-0.1, -0.05) is 0 Å². The summed E-state index contributed by atoms with van der Waals surface area (Å²) >= 11 is 1.16. The average Bonchev–Trinajstić information content (AvgIpc) is 3.05. The number of anilines is 1. The van der Waals surface area contributed by atoms with Gasteiger partial charge in [0, 0.05) is 23.1 Å². The zero-order valence-electron chi connectivity index (χ0n) is 17.5. The van der Waals surface area contributed by atoms with Crippen LogP contribution in [0.5, 0.6) is 0 Å². The van der Waals surface area contributed by atoms with Gasteiger partial charge in [0.25, 0.3) is 5.69 Å². The summed E-state index contributed by atoms with van der Waals surface area (Å²) in [6, 6.07) is 5.08. The minimum atomic E-state index is -3.05. The van der Waals surface area contributed by atoms with Gasteiger partial charge >= 0.3 is 12.0 Å². The summed E-state index contributed by atoms with van der Waals surface area (Å²) in [5.41, 5.74) is 1.41. The van der Waals surface area contributed by atoms with Gasteiger partial charge in [0.05, 0.1) is 28.6 Å². The number of benzene rings is 1. The molecular weight excluding hydrogens is 458 g/mol. The highest BCUT2D eigenvalue weighted by atomic mass is 32.2. The van der Waals surface area contributed by atoms with Gasteiger partial charge < -0.3 is 10.1 Å². The first-order valence-corrected chi connectivity index (χ1v) is 12.6. The van der Waals surface area contributed by atoms with Crippen molar-refractivity contribution >= 4 is 43.9 Å². The van der Waals surface area contributed by atoms with Crippen LogP contribution < -0.4 is 10.6 Å². The highest BCUT2D eigenvalue weighted by molar-refractivity contribution is 7.91. The summed E-state index contributed by atoms with van der Waals surface area (Å²) in [5, 5.41) is 16.6. The standard InChI is InChI=1S/C20H23N3O7S2/c1-3-30-19(24)16-12(2)17(13-4-6-15(7-5-13)23(26)27)31-18(16)22-20(25)21-14-8-10-32(28,29)11-9-14/h4-7,14H,3,8-11H2,1-2H3,(H2,21,22,25). The number of hydrogen-bond donors (Lipinski definition) is 2. The smallest absolute Gasteiger partial charge is 0.341 e. The van der Waals surface area contributed by atoms with Gasteiger partial charge in [-0.25, -0.2) is 18.0 Å². The Balaban J connectivity index is 1.85. The molecule has 0 saturated carbocycles. The van der Waals surface area contributed by atoms with E-state index in [4.69, 9.17) is 4.74 Å². The lowest BCUT2D eigenvalue weighted by atomic mass is 10.1. The number of carbonyl (C=O) groups excluding carboxylic acids is 2. The molecule has 0 radical (unpaired) electrons. The van der Waals surface area contributed by atoms with Crippen LogP contribution in [0.2, 0.25) is 0 Å². The Morgan fingerprint density at radius 3 is 2.41 bits per heavy atom. The fourth-order valence-corrected chi connectivity index (χ4v) is 6.11. The molecule has 1 aromatic heterocycles. The largest absolute Gasteiger partial charge is 0.462 e. The van der Waals surface area contributed by atoms with Gasteiger partial charge in [-0.05, 0) is 49.9 Å². The van der Waals surface area contributed by atoms with E-state index in [1.807, 2.05) is 0 Å². The van der Waals surface area contributed by atoms with Crippen LogP contribution >= 0.6 is 11.3 Å². The first kappa shape index (κ1) is 23.7. The fourth-order valence-electron chi connectivity index (χ4n) is 3.42. The second kappa shape index (κ2) is 9.65. The first-order chi connectivity index (χ1) is 15.1. The maximum atomic E-state index is 12.6. The molecule has 172 valence electrons. The van der Waals surface area contributed by atoms with Gasteiger partial charge in [0.1, 0.15) is 14.8 Å². The Kier molecular flexibility index (Phi) is 7.14. The van der Waals surface area contributed by atoms with Gasteiger partial charge in [-0.2, -0.15) is 0 Å². The summed E-state index contributed by atoms with van der Waals surface area (Å²) < 4.78 is 28.3. The van der Waals surface area contributed by atoms with E-state index in [0.717, 1.165) is 11.3 Å². The van der Waals surface area contributed by atoms with E-state index in [0.29, 0.717) is 28.8 Å². The molecule has 1 saturated heterocycles. The van der Waals surface area contributed by atoms with Crippen molar-refractivity contribution in [2.75, 3.05) is 23.4 Å². The van der Waals surface area contributed by atoms with Gasteiger partial charge in [0.2, 0.25) is 0 Å². The Bertz CT molecular complexity index is 1130. The topological polar surface area (TPSA) is 145 Å². The van der Waals surface area contributed by atoms with E-state index in [-0.39, 0.29) is 40.4 Å². The van der Waals surface area contributed by atoms with E-state index >= 15 is 0 Å². The predicted octanol–water partition coefficient (Wildman–Crippen LogP) is 3.51. The van der Waals surface area contributed by atoms with Crippen LogP contribution in [0.1, 0.15) is 35.7 Å². The van der Waals surface area contributed by atoms with Crippen LogP contribution in [0.15, 0.2) is 24.3 Å². The maximum absolute atomic E-state index is 12.6. The molecule has 1 fully saturated rings. The number of nitro groups is 1. The number of hydrogen-bond acceptors (Lipinski definition) is 8. The third-order valence-corrected chi connectivity index (χ3v) is 8.06. The van der Waals surface area contributed by atoms with Gasteiger partial charge in [0.15, 0.2) is 0 Å². The number of carbonyl (C=O) groups is 2. The molecule has 12 heteroatoms. The van der Waals surface area contributed by atoms with Crippen molar-refractivity contribution in [1.82, 2.24) is 5.32 Å². The molecule has 2 N–H and O–H groups in total. The number of non-ortho nitro benzene ring substituents is 1. The Morgan fingerprint density at radius 1 is 1.22 bits per heavy atom. The molecule has 0 atom stereocenters. The van der Waals surface area contributed by atoms with Crippen LogP contribution in [0.3, 0.4) is 0 Å². The van der Waals surface area contributed by atoms with Gasteiger partial charge in [-0.3, -0.25) is 15.4 Å². The van der Waals surface area contributed by atoms with Crippen molar-refractivity contribution in [2.24, 2.45) is 0 Å². The number of amides is 2. The Hall–Kier alpha value is -2.99. The van der Waals surface area contributed by atoms with Crippen LogP contribution in [0.4, 0.5) is 15.5 Å². The van der Waals surface area contributed by atoms with E-state index in [9.17, 15) is 28.1 Å². The molecule has 2 aromatic rings. The van der Waals surface area contributed by atoms with Crippen molar-refractivity contribution < 1.29 is 27.7 Å². The highest BCUT2D eigenvalue weighted by Crippen LogP contribution is 2.40. The number of nitrogens with zero attached hydrogens (tertiary/aromatic N) is 1. The molecule has 2 heterocycles. The van der Waals surface area contributed by atoms with Gasteiger partial charge in [-0.15, -0.1) is 11.3 Å². The van der Waals surface area contributed by atoms with Crippen molar-refractivity contribution in [2.45, 2.75) is 32.7 Å². The van der Waals surface area contributed by atoms with Crippen molar-refractivity contribution in [3.63, 3.8) is 0 Å². The Morgan fingerprint density at radius 2 is 1.84 bits per heavy atom. The maximum Gasteiger partial charge on any atom is 0.341 e. The molecule has 10 nitrogen and oxygen atoms in total. The average molecular weight is 482 g/mol. The zero-order chi connectivity index (χ0) is 23.5. The fraction of sp³-hybridized carbons (Fsp3) is 0.400. The first-order valence-electron chi connectivity index (χ1n) is 9.94. The lowest BCUT2D eigenvalue weighted by Crippen LogP contribution is -2.42. The predicted molar refractivity (Wildman–Crippen MR) is 121 cm³/mol. The van der Waals surface area contributed by atoms with E-state index in [2.05, 4.69) is 10.6 Å². The number of thiophene rings is 1. The molecule has 1 aliphatic heterocycles. The second-order valence-corrected chi connectivity index (χ2v) is 10.6. The molecule has 1 aromatic carbocycles. The number of ether oxygens (including phenoxy) is 1. The number of nitro benzene ring substituents is 1. The molecule has 0 bridgehead atoms. The van der Waals surface area contributed by atoms with Crippen LogP contribution in [-0.2, 0) is 14.6 Å². The second-order valence-electron chi connectivity index (χ2n) is 7.31. The molecule has 2 amide bonds. The molecule has 3 rings (SSSR count). The lowest BCUT2D eigenvalue weighted by molar-refractivity contribution is -0.384. The minimum absolute atomic E-state index is 0.0222. The molecular formula is C20H23N3O7S2.